The number of halogens is 4. The van der Waals surface area contributed by atoms with Gasteiger partial charge in [-0.25, -0.2) is 0 Å². The summed E-state index contributed by atoms with van der Waals surface area (Å²) in [4.78, 5) is 11.6. The van der Waals surface area contributed by atoms with E-state index in [0.29, 0.717) is 11.1 Å². The number of thioether (sulfide) groups is 1. The van der Waals surface area contributed by atoms with E-state index in [1.807, 2.05) is 0 Å². The summed E-state index contributed by atoms with van der Waals surface area (Å²) in [7, 11) is 0. The molecule has 0 amide bonds. The van der Waals surface area contributed by atoms with Crippen LogP contribution < -0.4 is 0 Å². The van der Waals surface area contributed by atoms with Gasteiger partial charge in [-0.1, -0.05) is 6.07 Å². The van der Waals surface area contributed by atoms with Crippen molar-refractivity contribution in [1.82, 2.24) is 0 Å². The van der Waals surface area contributed by atoms with Gasteiger partial charge in [-0.3, -0.25) is 4.79 Å². The molecule has 0 aliphatic carbocycles. The van der Waals surface area contributed by atoms with E-state index in [0.717, 1.165) is 0 Å². The summed E-state index contributed by atoms with van der Waals surface area (Å²) in [5.41, 5.74) is -3.35. The van der Waals surface area contributed by atoms with Crippen LogP contribution in [0.1, 0.15) is 22.3 Å². The molecule has 1 aromatic carbocycles. The summed E-state index contributed by atoms with van der Waals surface area (Å²) in [5, 5.41) is 0. The second-order valence-corrected chi connectivity index (χ2v) is 4.90. The normalized spacial score (nSPS) is 11.6. The molecular formula is C11H10ClF3OS. The highest BCUT2D eigenvalue weighted by atomic mass is 35.5. The molecule has 0 aromatic heterocycles. The predicted molar refractivity (Wildman–Crippen MR) is 62.8 cm³/mol. The lowest BCUT2D eigenvalue weighted by molar-refractivity contribution is -0.0328. The Kier molecular flexibility index (Phi) is 4.89. The molecule has 0 spiro atoms. The van der Waals surface area contributed by atoms with Gasteiger partial charge < -0.3 is 0 Å². The van der Waals surface area contributed by atoms with Crippen LogP contribution in [0, 0.1) is 6.92 Å². The first-order valence-corrected chi connectivity index (χ1v) is 6.14. The number of hydrogen-bond donors (Lipinski definition) is 0. The predicted octanol–water partition coefficient (Wildman–Crippen LogP) is 4.42. The van der Waals surface area contributed by atoms with Crippen molar-refractivity contribution in [2.45, 2.75) is 23.7 Å². The number of ketones is 1. The Bertz CT molecular complexity index is 418. The number of carbonyl (C=O) groups is 1. The van der Waals surface area contributed by atoms with Gasteiger partial charge in [-0.2, -0.15) is 13.2 Å². The van der Waals surface area contributed by atoms with E-state index >= 15 is 0 Å². The number of Topliss-reactive ketones (excluding diaryl/α,β-unsaturated/α-hetero) is 1. The van der Waals surface area contributed by atoms with Gasteiger partial charge in [0.2, 0.25) is 0 Å². The van der Waals surface area contributed by atoms with Crippen molar-refractivity contribution in [1.29, 1.82) is 0 Å². The van der Waals surface area contributed by atoms with E-state index in [2.05, 4.69) is 0 Å². The number of benzene rings is 1. The molecule has 0 saturated heterocycles. The molecule has 0 aliphatic rings. The zero-order chi connectivity index (χ0) is 13.1. The topological polar surface area (TPSA) is 17.1 Å². The molecule has 6 heteroatoms. The number of alkyl halides is 4. The Balaban J connectivity index is 2.90. The van der Waals surface area contributed by atoms with Crippen molar-refractivity contribution in [3.05, 3.63) is 29.3 Å². The third-order valence-electron chi connectivity index (χ3n) is 2.05. The summed E-state index contributed by atoms with van der Waals surface area (Å²) in [6.07, 6.45) is 0.189. The van der Waals surface area contributed by atoms with Crippen molar-refractivity contribution in [3.63, 3.8) is 0 Å². The molecule has 0 unspecified atom stereocenters. The minimum absolute atomic E-state index is 0.0809. The summed E-state index contributed by atoms with van der Waals surface area (Å²) < 4.78 is 36.4. The molecule has 94 valence electrons. The van der Waals surface area contributed by atoms with Crippen LogP contribution in [0.2, 0.25) is 0 Å². The first-order valence-electron chi connectivity index (χ1n) is 4.79. The quantitative estimate of drug-likeness (QED) is 0.462. The van der Waals surface area contributed by atoms with E-state index in [1.165, 1.54) is 18.2 Å². The maximum atomic E-state index is 12.1. The van der Waals surface area contributed by atoms with Crippen LogP contribution in [0.15, 0.2) is 23.1 Å². The Labute approximate surface area is 106 Å². The van der Waals surface area contributed by atoms with Crippen LogP contribution >= 0.6 is 23.4 Å². The van der Waals surface area contributed by atoms with E-state index in [1.54, 1.807) is 6.92 Å². The minimum Gasteiger partial charge on any atom is -0.294 e. The van der Waals surface area contributed by atoms with Gasteiger partial charge in [0.05, 0.1) is 0 Å². The SMILES string of the molecule is Cc1cc(SC(F)(F)F)ccc1C(=O)CCCl. The summed E-state index contributed by atoms with van der Waals surface area (Å²) in [5.74, 6) is 0.0539. The molecule has 1 aromatic rings. The van der Waals surface area contributed by atoms with E-state index in [9.17, 15) is 18.0 Å². The van der Waals surface area contributed by atoms with Crippen molar-refractivity contribution in [2.75, 3.05) is 5.88 Å². The van der Waals surface area contributed by atoms with Crippen LogP contribution in [0.4, 0.5) is 13.2 Å². The zero-order valence-electron chi connectivity index (χ0n) is 8.97. The summed E-state index contributed by atoms with van der Waals surface area (Å²) in [6, 6.07) is 4.07. The summed E-state index contributed by atoms with van der Waals surface area (Å²) in [6.45, 7) is 1.61. The van der Waals surface area contributed by atoms with Gasteiger partial charge in [-0.05, 0) is 36.4 Å². The monoisotopic (exact) mass is 282 g/mol. The molecule has 17 heavy (non-hydrogen) atoms. The van der Waals surface area contributed by atoms with E-state index < -0.39 is 5.51 Å². The average Bonchev–Trinajstić information content (AvgIpc) is 2.15. The van der Waals surface area contributed by atoms with Gasteiger partial charge in [0.1, 0.15) is 0 Å². The summed E-state index contributed by atoms with van der Waals surface area (Å²) >= 11 is 5.25. The third-order valence-corrected chi connectivity index (χ3v) is 2.96. The molecule has 0 radical (unpaired) electrons. The zero-order valence-corrected chi connectivity index (χ0v) is 10.5. The third kappa shape index (κ3) is 4.60. The fraction of sp³-hybridized carbons (Fsp3) is 0.364. The van der Waals surface area contributed by atoms with Gasteiger partial charge in [0.25, 0.3) is 0 Å². The second kappa shape index (κ2) is 5.78. The maximum absolute atomic E-state index is 12.1. The molecular weight excluding hydrogens is 273 g/mol. The fourth-order valence-electron chi connectivity index (χ4n) is 1.37. The van der Waals surface area contributed by atoms with Gasteiger partial charge in [0, 0.05) is 22.8 Å². The molecule has 0 N–H and O–H groups in total. The lowest BCUT2D eigenvalue weighted by Crippen LogP contribution is -2.03. The Morgan fingerprint density at radius 2 is 2.06 bits per heavy atom. The first-order chi connectivity index (χ1) is 7.83. The lowest BCUT2D eigenvalue weighted by atomic mass is 10.0. The molecule has 1 nitrogen and oxygen atoms in total. The number of carbonyl (C=O) groups excluding carboxylic acids is 1. The second-order valence-electron chi connectivity index (χ2n) is 3.39. The van der Waals surface area contributed by atoms with Crippen molar-refractivity contribution < 1.29 is 18.0 Å². The van der Waals surface area contributed by atoms with Gasteiger partial charge in [0.15, 0.2) is 5.78 Å². The van der Waals surface area contributed by atoms with Crippen molar-refractivity contribution >= 4 is 29.1 Å². The smallest absolute Gasteiger partial charge is 0.294 e. The maximum Gasteiger partial charge on any atom is 0.446 e. The van der Waals surface area contributed by atoms with Crippen LogP contribution in [-0.2, 0) is 0 Å². The van der Waals surface area contributed by atoms with Crippen LogP contribution in [-0.4, -0.2) is 17.2 Å². The average molecular weight is 283 g/mol. The van der Waals surface area contributed by atoms with E-state index in [-0.39, 0.29) is 34.7 Å². The molecule has 0 atom stereocenters. The molecule has 0 bridgehead atoms. The molecule has 0 fully saturated rings. The highest BCUT2D eigenvalue weighted by Gasteiger charge is 2.29. The van der Waals surface area contributed by atoms with E-state index in [4.69, 9.17) is 11.6 Å². The Morgan fingerprint density at radius 1 is 1.41 bits per heavy atom. The molecule has 0 aliphatic heterocycles. The Morgan fingerprint density at radius 3 is 2.53 bits per heavy atom. The lowest BCUT2D eigenvalue weighted by Gasteiger charge is -2.08. The fourth-order valence-corrected chi connectivity index (χ4v) is 2.18. The van der Waals surface area contributed by atoms with Crippen LogP contribution in [0.3, 0.4) is 0 Å². The minimum atomic E-state index is -4.31. The highest BCUT2D eigenvalue weighted by Crippen LogP contribution is 2.37. The van der Waals surface area contributed by atoms with Gasteiger partial charge in [-0.15, -0.1) is 11.6 Å². The number of aryl methyl sites for hydroxylation is 1. The molecule has 1 rings (SSSR count). The first kappa shape index (κ1) is 14.4. The van der Waals surface area contributed by atoms with Gasteiger partial charge >= 0.3 is 5.51 Å². The number of rotatable bonds is 4. The highest BCUT2D eigenvalue weighted by molar-refractivity contribution is 8.00. The standard InChI is InChI=1S/C11H10ClF3OS/c1-7-6-8(17-11(13,14)15)2-3-9(7)10(16)4-5-12/h2-3,6H,4-5H2,1H3. The Hall–Kier alpha value is -0.680. The van der Waals surface area contributed by atoms with Crippen molar-refractivity contribution in [3.8, 4) is 0 Å². The largest absolute Gasteiger partial charge is 0.446 e. The molecule has 0 saturated carbocycles. The molecule has 0 heterocycles. The number of hydrogen-bond acceptors (Lipinski definition) is 2. The van der Waals surface area contributed by atoms with Crippen molar-refractivity contribution in [2.24, 2.45) is 0 Å². The van der Waals surface area contributed by atoms with Crippen LogP contribution in [0.5, 0.6) is 0 Å². The van der Waals surface area contributed by atoms with Crippen LogP contribution in [0.25, 0.3) is 0 Å².